The fourth-order valence-electron chi connectivity index (χ4n) is 2.06. The van der Waals surface area contributed by atoms with Crippen LogP contribution >= 0.6 is 0 Å². The first kappa shape index (κ1) is 21.1. The van der Waals surface area contributed by atoms with E-state index in [2.05, 4.69) is 16.0 Å². The molecule has 1 atom stereocenters. The smallest absolute Gasteiger partial charge is 0.321 e. The van der Waals surface area contributed by atoms with Gasteiger partial charge in [0.25, 0.3) is 5.91 Å². The summed E-state index contributed by atoms with van der Waals surface area (Å²) in [5.41, 5.74) is 0.747. The standard InChI is InChI=1S/C18H25N3O5/c1-12(2)10-19-18(25)21-16(23)11-26-17(24)9-15(20-13(3)22)14-7-5-4-6-8-14/h4-8,12,15H,9-11H2,1-3H3,(H,20,22)(H2,19,21,23,25)/t15-/m0/s1. The molecule has 1 aromatic rings. The number of amides is 4. The number of esters is 1. The van der Waals surface area contributed by atoms with Crippen LogP contribution in [-0.2, 0) is 19.1 Å². The number of hydrogen-bond acceptors (Lipinski definition) is 5. The van der Waals surface area contributed by atoms with Gasteiger partial charge in [-0.25, -0.2) is 4.79 Å². The summed E-state index contributed by atoms with van der Waals surface area (Å²) in [7, 11) is 0. The minimum absolute atomic E-state index is 0.129. The van der Waals surface area contributed by atoms with Crippen LogP contribution in [0.25, 0.3) is 0 Å². The third-order valence-corrected chi connectivity index (χ3v) is 3.24. The lowest BCUT2D eigenvalue weighted by Crippen LogP contribution is -2.42. The minimum atomic E-state index is -0.726. The van der Waals surface area contributed by atoms with Crippen molar-refractivity contribution < 1.29 is 23.9 Å². The highest BCUT2D eigenvalue weighted by Crippen LogP contribution is 2.17. The van der Waals surface area contributed by atoms with Crippen LogP contribution < -0.4 is 16.0 Å². The molecular weight excluding hydrogens is 338 g/mol. The molecule has 0 saturated heterocycles. The van der Waals surface area contributed by atoms with E-state index in [1.165, 1.54) is 6.92 Å². The van der Waals surface area contributed by atoms with Crippen molar-refractivity contribution in [2.45, 2.75) is 33.2 Å². The van der Waals surface area contributed by atoms with Crippen molar-refractivity contribution in [1.82, 2.24) is 16.0 Å². The van der Waals surface area contributed by atoms with Crippen molar-refractivity contribution in [2.75, 3.05) is 13.2 Å². The van der Waals surface area contributed by atoms with Gasteiger partial charge in [-0.05, 0) is 11.5 Å². The first-order valence-electron chi connectivity index (χ1n) is 8.33. The number of urea groups is 1. The maximum absolute atomic E-state index is 12.0. The van der Waals surface area contributed by atoms with E-state index in [9.17, 15) is 19.2 Å². The molecule has 0 aliphatic carbocycles. The molecule has 0 bridgehead atoms. The van der Waals surface area contributed by atoms with Crippen LogP contribution in [0.4, 0.5) is 4.79 Å². The predicted molar refractivity (Wildman–Crippen MR) is 95.0 cm³/mol. The first-order valence-corrected chi connectivity index (χ1v) is 8.33. The molecule has 0 spiro atoms. The molecule has 0 radical (unpaired) electrons. The molecule has 0 aromatic heterocycles. The van der Waals surface area contributed by atoms with E-state index >= 15 is 0 Å². The Morgan fingerprint density at radius 3 is 2.31 bits per heavy atom. The molecule has 0 unspecified atom stereocenters. The van der Waals surface area contributed by atoms with Gasteiger partial charge in [0.2, 0.25) is 5.91 Å². The molecule has 0 heterocycles. The Kier molecular flexibility index (Phi) is 8.83. The van der Waals surface area contributed by atoms with Crippen LogP contribution in [0.15, 0.2) is 30.3 Å². The fourth-order valence-corrected chi connectivity index (χ4v) is 2.06. The summed E-state index contributed by atoms with van der Waals surface area (Å²) < 4.78 is 4.88. The Morgan fingerprint density at radius 2 is 1.73 bits per heavy atom. The van der Waals surface area contributed by atoms with Gasteiger partial charge >= 0.3 is 12.0 Å². The zero-order valence-corrected chi connectivity index (χ0v) is 15.2. The van der Waals surface area contributed by atoms with Crippen LogP contribution in [0.1, 0.15) is 38.8 Å². The lowest BCUT2D eigenvalue weighted by atomic mass is 10.0. The van der Waals surface area contributed by atoms with Crippen LogP contribution in [0.5, 0.6) is 0 Å². The number of nitrogens with one attached hydrogen (secondary N) is 3. The molecule has 0 saturated carbocycles. The highest BCUT2D eigenvalue weighted by molar-refractivity contribution is 5.95. The molecule has 1 rings (SSSR count). The average molecular weight is 363 g/mol. The SMILES string of the molecule is CC(=O)N[C@@H](CC(=O)OCC(=O)NC(=O)NCC(C)C)c1ccccc1. The van der Waals surface area contributed by atoms with Gasteiger partial charge in [0.1, 0.15) is 0 Å². The summed E-state index contributed by atoms with van der Waals surface area (Å²) in [6.45, 7) is 5.04. The van der Waals surface area contributed by atoms with Crippen molar-refractivity contribution in [1.29, 1.82) is 0 Å². The summed E-state index contributed by atoms with van der Waals surface area (Å²) in [6, 6.07) is 7.76. The number of carbonyl (C=O) groups excluding carboxylic acids is 4. The Hall–Kier alpha value is -2.90. The second kappa shape index (κ2) is 10.9. The molecule has 0 aliphatic rings. The summed E-state index contributed by atoms with van der Waals surface area (Å²) in [5.74, 6) is -1.43. The molecule has 4 amide bonds. The van der Waals surface area contributed by atoms with E-state index in [1.54, 1.807) is 24.3 Å². The van der Waals surface area contributed by atoms with Crippen LogP contribution in [0.2, 0.25) is 0 Å². The van der Waals surface area contributed by atoms with Crippen molar-refractivity contribution in [2.24, 2.45) is 5.92 Å². The number of imide groups is 1. The molecule has 0 fully saturated rings. The summed E-state index contributed by atoms with van der Waals surface area (Å²) in [5, 5.41) is 7.26. The zero-order valence-electron chi connectivity index (χ0n) is 15.2. The quantitative estimate of drug-likeness (QED) is 0.602. The van der Waals surface area contributed by atoms with Gasteiger partial charge in [0.05, 0.1) is 12.5 Å². The topological polar surface area (TPSA) is 114 Å². The summed E-state index contributed by atoms with van der Waals surface area (Å²) >= 11 is 0. The number of ether oxygens (including phenoxy) is 1. The minimum Gasteiger partial charge on any atom is -0.455 e. The number of carbonyl (C=O) groups is 4. The van der Waals surface area contributed by atoms with Crippen LogP contribution in [0, 0.1) is 5.92 Å². The van der Waals surface area contributed by atoms with E-state index in [1.807, 2.05) is 19.9 Å². The van der Waals surface area contributed by atoms with Gasteiger partial charge in [-0.1, -0.05) is 44.2 Å². The fraction of sp³-hybridized carbons (Fsp3) is 0.444. The van der Waals surface area contributed by atoms with Gasteiger partial charge < -0.3 is 15.4 Å². The van der Waals surface area contributed by atoms with Gasteiger partial charge in [0.15, 0.2) is 6.61 Å². The second-order valence-electron chi connectivity index (χ2n) is 6.18. The summed E-state index contributed by atoms with van der Waals surface area (Å²) in [6.07, 6.45) is -0.129. The molecule has 142 valence electrons. The molecule has 1 aromatic carbocycles. The zero-order chi connectivity index (χ0) is 19.5. The maximum Gasteiger partial charge on any atom is 0.321 e. The number of benzene rings is 1. The Morgan fingerprint density at radius 1 is 1.08 bits per heavy atom. The van der Waals surface area contributed by atoms with Crippen LogP contribution in [0.3, 0.4) is 0 Å². The molecule has 8 heteroatoms. The molecule has 8 nitrogen and oxygen atoms in total. The predicted octanol–water partition coefficient (Wildman–Crippen LogP) is 1.28. The third-order valence-electron chi connectivity index (χ3n) is 3.24. The lowest BCUT2D eigenvalue weighted by molar-refractivity contribution is -0.148. The number of rotatable bonds is 8. The summed E-state index contributed by atoms with van der Waals surface area (Å²) in [4.78, 5) is 46.4. The third kappa shape index (κ3) is 8.81. The normalized spacial score (nSPS) is 11.4. The number of hydrogen-bond donors (Lipinski definition) is 3. The van der Waals surface area contributed by atoms with Crippen molar-refractivity contribution in [3.63, 3.8) is 0 Å². The van der Waals surface area contributed by atoms with E-state index in [-0.39, 0.29) is 18.2 Å². The van der Waals surface area contributed by atoms with E-state index in [4.69, 9.17) is 4.74 Å². The van der Waals surface area contributed by atoms with Crippen molar-refractivity contribution in [3.05, 3.63) is 35.9 Å². The van der Waals surface area contributed by atoms with E-state index < -0.39 is 30.6 Å². The first-order chi connectivity index (χ1) is 12.3. The Labute approximate surface area is 152 Å². The van der Waals surface area contributed by atoms with Crippen molar-refractivity contribution >= 4 is 23.8 Å². The maximum atomic E-state index is 12.0. The van der Waals surface area contributed by atoms with Crippen LogP contribution in [-0.4, -0.2) is 37.0 Å². The monoisotopic (exact) mass is 363 g/mol. The van der Waals surface area contributed by atoms with Crippen molar-refractivity contribution in [3.8, 4) is 0 Å². The molecule has 26 heavy (non-hydrogen) atoms. The Bertz CT molecular complexity index is 631. The largest absolute Gasteiger partial charge is 0.455 e. The average Bonchev–Trinajstić information content (AvgIpc) is 2.58. The highest BCUT2D eigenvalue weighted by atomic mass is 16.5. The van der Waals surface area contributed by atoms with Gasteiger partial charge in [-0.2, -0.15) is 0 Å². The Balaban J connectivity index is 2.46. The molecule has 0 aliphatic heterocycles. The van der Waals surface area contributed by atoms with Gasteiger partial charge in [0, 0.05) is 13.5 Å². The van der Waals surface area contributed by atoms with Gasteiger partial charge in [-0.3, -0.25) is 19.7 Å². The van der Waals surface area contributed by atoms with E-state index in [0.717, 1.165) is 5.56 Å². The molecule has 3 N–H and O–H groups in total. The highest BCUT2D eigenvalue weighted by Gasteiger charge is 2.19. The second-order valence-corrected chi connectivity index (χ2v) is 6.18. The molecular formula is C18H25N3O5. The van der Waals surface area contributed by atoms with Gasteiger partial charge in [-0.15, -0.1) is 0 Å². The van der Waals surface area contributed by atoms with E-state index in [0.29, 0.717) is 6.54 Å². The lowest BCUT2D eigenvalue weighted by Gasteiger charge is -2.17.